The second-order valence-electron chi connectivity index (χ2n) is 5.55. The normalized spacial score (nSPS) is 21.0. The maximum atomic E-state index is 5.86. The minimum atomic E-state index is 0.285. The summed E-state index contributed by atoms with van der Waals surface area (Å²) < 4.78 is 8.17. The molecular formula is C15H18N4O. The van der Waals surface area contributed by atoms with Gasteiger partial charge in [-0.3, -0.25) is 0 Å². The van der Waals surface area contributed by atoms with Crippen molar-refractivity contribution in [2.45, 2.75) is 38.8 Å². The number of aryl methyl sites for hydroxylation is 1. The Morgan fingerprint density at radius 3 is 3.20 bits per heavy atom. The zero-order chi connectivity index (χ0) is 13.7. The molecule has 0 radical (unpaired) electrons. The van der Waals surface area contributed by atoms with E-state index in [1.165, 1.54) is 0 Å². The monoisotopic (exact) mass is 270 g/mol. The van der Waals surface area contributed by atoms with Crippen molar-refractivity contribution in [3.05, 3.63) is 24.3 Å². The largest absolute Gasteiger partial charge is 0.376 e. The summed E-state index contributed by atoms with van der Waals surface area (Å²) in [6.07, 6.45) is 6.34. The molecule has 1 saturated heterocycles. The number of nitrogens with zero attached hydrogens (tertiary/aromatic N) is 3. The van der Waals surface area contributed by atoms with Crippen LogP contribution in [-0.4, -0.2) is 32.2 Å². The summed E-state index contributed by atoms with van der Waals surface area (Å²) in [7, 11) is 0. The topological polar surface area (TPSA) is 55.7 Å². The molecular weight excluding hydrogens is 252 g/mol. The van der Waals surface area contributed by atoms with Gasteiger partial charge in [0.25, 0.3) is 0 Å². The number of pyridine rings is 1. The number of hydrogen-bond acceptors (Lipinski definition) is 3. The standard InChI is InChI=1S/C15H18N4O/c1-9(13-4-3-7-20-13)19-10(2)18-12-8-17-15-11(14(12)19)5-6-16-15/h5-6,8-9,13H,3-4,7H2,1-2H3,(H,16,17). The van der Waals surface area contributed by atoms with Crippen LogP contribution < -0.4 is 0 Å². The molecule has 0 aliphatic carbocycles. The summed E-state index contributed by atoms with van der Waals surface area (Å²) in [6.45, 7) is 5.16. The van der Waals surface area contributed by atoms with Crippen molar-refractivity contribution >= 4 is 22.1 Å². The van der Waals surface area contributed by atoms with E-state index in [4.69, 9.17) is 4.74 Å². The third-order valence-corrected chi connectivity index (χ3v) is 4.32. The van der Waals surface area contributed by atoms with Gasteiger partial charge in [0.05, 0.1) is 23.9 Å². The molecule has 0 bridgehead atoms. The highest BCUT2D eigenvalue weighted by Crippen LogP contribution is 2.31. The van der Waals surface area contributed by atoms with E-state index in [2.05, 4.69) is 39.4 Å². The molecule has 1 fully saturated rings. The lowest BCUT2D eigenvalue weighted by Gasteiger charge is -2.22. The Bertz CT molecular complexity index is 767. The first kappa shape index (κ1) is 11.9. The van der Waals surface area contributed by atoms with Crippen molar-refractivity contribution < 1.29 is 4.74 Å². The van der Waals surface area contributed by atoms with Crippen LogP contribution in [0.15, 0.2) is 18.5 Å². The van der Waals surface area contributed by atoms with Gasteiger partial charge in [-0.1, -0.05) is 0 Å². The summed E-state index contributed by atoms with van der Waals surface area (Å²) in [4.78, 5) is 12.3. The summed E-state index contributed by atoms with van der Waals surface area (Å²) in [6, 6.07) is 2.37. The molecule has 1 aliphatic rings. The van der Waals surface area contributed by atoms with Crippen molar-refractivity contribution in [1.29, 1.82) is 0 Å². The van der Waals surface area contributed by atoms with E-state index in [0.717, 1.165) is 47.3 Å². The molecule has 0 amide bonds. The first-order chi connectivity index (χ1) is 9.75. The van der Waals surface area contributed by atoms with Crippen LogP contribution >= 0.6 is 0 Å². The Labute approximate surface area is 117 Å². The number of imidazole rings is 1. The Balaban J connectivity index is 1.96. The number of aromatic amines is 1. The van der Waals surface area contributed by atoms with Crippen LogP contribution in [0.4, 0.5) is 0 Å². The van der Waals surface area contributed by atoms with E-state index in [0.29, 0.717) is 6.04 Å². The molecule has 0 spiro atoms. The van der Waals surface area contributed by atoms with Crippen LogP contribution in [-0.2, 0) is 4.74 Å². The molecule has 3 aromatic heterocycles. The summed E-state index contributed by atoms with van der Waals surface area (Å²) in [5.74, 6) is 1.03. The molecule has 3 aromatic rings. The molecule has 5 nitrogen and oxygen atoms in total. The molecule has 5 heteroatoms. The van der Waals surface area contributed by atoms with Crippen LogP contribution in [0.25, 0.3) is 22.1 Å². The highest BCUT2D eigenvalue weighted by molar-refractivity contribution is 6.01. The van der Waals surface area contributed by atoms with Gasteiger partial charge in [0, 0.05) is 18.2 Å². The number of aromatic nitrogens is 4. The lowest BCUT2D eigenvalue weighted by molar-refractivity contribution is 0.0739. The van der Waals surface area contributed by atoms with Crippen LogP contribution in [0.3, 0.4) is 0 Å². The fourth-order valence-corrected chi connectivity index (χ4v) is 3.36. The first-order valence-electron chi connectivity index (χ1n) is 7.18. The van der Waals surface area contributed by atoms with Gasteiger partial charge < -0.3 is 14.3 Å². The Morgan fingerprint density at radius 2 is 2.40 bits per heavy atom. The molecule has 20 heavy (non-hydrogen) atoms. The predicted octanol–water partition coefficient (Wildman–Crippen LogP) is 2.96. The fraction of sp³-hybridized carbons (Fsp3) is 0.467. The van der Waals surface area contributed by atoms with E-state index in [9.17, 15) is 0 Å². The van der Waals surface area contributed by atoms with Crippen LogP contribution in [0, 0.1) is 6.92 Å². The Hall–Kier alpha value is -1.88. The van der Waals surface area contributed by atoms with E-state index in [1.807, 2.05) is 12.4 Å². The average molecular weight is 270 g/mol. The van der Waals surface area contributed by atoms with Crippen molar-refractivity contribution in [3.63, 3.8) is 0 Å². The minimum absolute atomic E-state index is 0.285. The lowest BCUT2D eigenvalue weighted by atomic mass is 10.1. The molecule has 2 unspecified atom stereocenters. The smallest absolute Gasteiger partial charge is 0.139 e. The van der Waals surface area contributed by atoms with Gasteiger partial charge in [-0.05, 0) is 32.8 Å². The van der Waals surface area contributed by atoms with E-state index < -0.39 is 0 Å². The van der Waals surface area contributed by atoms with Crippen LogP contribution in [0.1, 0.15) is 31.6 Å². The van der Waals surface area contributed by atoms with E-state index in [-0.39, 0.29) is 6.10 Å². The van der Waals surface area contributed by atoms with Gasteiger partial charge >= 0.3 is 0 Å². The van der Waals surface area contributed by atoms with Gasteiger partial charge in [0.2, 0.25) is 0 Å². The van der Waals surface area contributed by atoms with Crippen LogP contribution in [0.5, 0.6) is 0 Å². The number of hydrogen-bond donors (Lipinski definition) is 1. The number of rotatable bonds is 2. The molecule has 1 aliphatic heterocycles. The highest BCUT2D eigenvalue weighted by atomic mass is 16.5. The first-order valence-corrected chi connectivity index (χ1v) is 7.18. The summed E-state index contributed by atoms with van der Waals surface area (Å²) in [5.41, 5.74) is 3.04. The second-order valence-corrected chi connectivity index (χ2v) is 5.55. The molecule has 2 atom stereocenters. The zero-order valence-electron chi connectivity index (χ0n) is 11.8. The third kappa shape index (κ3) is 1.59. The zero-order valence-corrected chi connectivity index (χ0v) is 11.8. The van der Waals surface area contributed by atoms with Crippen molar-refractivity contribution in [2.75, 3.05) is 6.61 Å². The average Bonchev–Trinajstić information content (AvgIpc) is 3.16. The van der Waals surface area contributed by atoms with Crippen molar-refractivity contribution in [2.24, 2.45) is 0 Å². The van der Waals surface area contributed by atoms with Gasteiger partial charge in [-0.2, -0.15) is 0 Å². The number of fused-ring (bicyclic) bond motifs is 3. The third-order valence-electron chi connectivity index (χ3n) is 4.32. The van der Waals surface area contributed by atoms with Gasteiger partial charge in [0.1, 0.15) is 17.0 Å². The van der Waals surface area contributed by atoms with Gasteiger partial charge in [-0.25, -0.2) is 9.97 Å². The number of nitrogens with one attached hydrogen (secondary N) is 1. The Morgan fingerprint density at radius 1 is 1.50 bits per heavy atom. The van der Waals surface area contributed by atoms with Crippen LogP contribution in [0.2, 0.25) is 0 Å². The lowest BCUT2D eigenvalue weighted by Crippen LogP contribution is -2.21. The van der Waals surface area contributed by atoms with E-state index in [1.54, 1.807) is 0 Å². The fourth-order valence-electron chi connectivity index (χ4n) is 3.36. The minimum Gasteiger partial charge on any atom is -0.376 e. The molecule has 4 heterocycles. The molecule has 1 N–H and O–H groups in total. The number of ether oxygens (including phenoxy) is 1. The Kier molecular flexibility index (Phi) is 2.57. The van der Waals surface area contributed by atoms with Crippen molar-refractivity contribution in [1.82, 2.24) is 19.5 Å². The molecule has 104 valence electrons. The maximum absolute atomic E-state index is 5.86. The number of H-pyrrole nitrogens is 1. The maximum Gasteiger partial charge on any atom is 0.139 e. The second kappa shape index (κ2) is 4.31. The SMILES string of the molecule is Cc1nc2cnc3[nH]ccc3c2n1C(C)C1CCCO1. The van der Waals surface area contributed by atoms with Crippen molar-refractivity contribution in [3.8, 4) is 0 Å². The predicted molar refractivity (Wildman–Crippen MR) is 77.8 cm³/mol. The summed E-state index contributed by atoms with van der Waals surface area (Å²) in [5, 5.41) is 1.13. The van der Waals surface area contributed by atoms with Gasteiger partial charge in [-0.15, -0.1) is 0 Å². The summed E-state index contributed by atoms with van der Waals surface area (Å²) >= 11 is 0. The molecule has 0 saturated carbocycles. The molecule has 4 rings (SSSR count). The molecule has 0 aromatic carbocycles. The highest BCUT2D eigenvalue weighted by Gasteiger charge is 2.26. The quantitative estimate of drug-likeness (QED) is 0.779. The van der Waals surface area contributed by atoms with E-state index >= 15 is 0 Å². The van der Waals surface area contributed by atoms with Gasteiger partial charge in [0.15, 0.2) is 0 Å².